The molecule has 2 saturated heterocycles. The van der Waals surface area contributed by atoms with Crippen LogP contribution in [-0.2, 0) is 11.3 Å². The molecule has 1 atom stereocenters. The molecule has 1 spiro atoms. The molecule has 2 aliphatic heterocycles. The van der Waals surface area contributed by atoms with E-state index in [0.717, 1.165) is 39.1 Å². The Morgan fingerprint density at radius 1 is 1.26 bits per heavy atom. The van der Waals surface area contributed by atoms with Crippen molar-refractivity contribution in [2.75, 3.05) is 26.2 Å². The molecule has 4 rings (SSSR count). The molecular weight excluding hydrogens is 338 g/mol. The van der Waals surface area contributed by atoms with E-state index in [9.17, 15) is 4.79 Å². The van der Waals surface area contributed by atoms with E-state index in [2.05, 4.69) is 46.4 Å². The molecule has 2 fully saturated rings. The summed E-state index contributed by atoms with van der Waals surface area (Å²) in [6.07, 6.45) is 5.34. The van der Waals surface area contributed by atoms with Gasteiger partial charge in [-0.25, -0.2) is 0 Å². The van der Waals surface area contributed by atoms with Gasteiger partial charge < -0.3 is 10.1 Å². The lowest BCUT2D eigenvalue weighted by Gasteiger charge is -2.50. The minimum Gasteiger partial charge on any atom is -0.372 e. The van der Waals surface area contributed by atoms with Crippen molar-refractivity contribution in [1.29, 1.82) is 0 Å². The average molecular weight is 365 g/mol. The van der Waals surface area contributed by atoms with E-state index in [-0.39, 0.29) is 11.5 Å². The number of pyridine rings is 1. The third kappa shape index (κ3) is 3.89. The van der Waals surface area contributed by atoms with Crippen LogP contribution < -0.4 is 5.32 Å². The largest absolute Gasteiger partial charge is 0.372 e. The molecule has 0 unspecified atom stereocenters. The number of nitrogens with one attached hydrogen (secondary N) is 1. The fourth-order valence-corrected chi connectivity index (χ4v) is 4.36. The van der Waals surface area contributed by atoms with Gasteiger partial charge in [0, 0.05) is 50.7 Å². The van der Waals surface area contributed by atoms with Gasteiger partial charge in [0.2, 0.25) is 0 Å². The molecule has 0 radical (unpaired) electrons. The number of carbonyl (C=O) groups excluding carboxylic acids is 1. The Hall–Kier alpha value is -2.24. The van der Waals surface area contributed by atoms with E-state index >= 15 is 0 Å². The van der Waals surface area contributed by atoms with Gasteiger partial charge in [-0.05, 0) is 48.9 Å². The Morgan fingerprint density at radius 3 is 2.81 bits per heavy atom. The summed E-state index contributed by atoms with van der Waals surface area (Å²) in [5.74, 6) is 0.489. The second-order valence-corrected chi connectivity index (χ2v) is 7.75. The summed E-state index contributed by atoms with van der Waals surface area (Å²) in [4.78, 5) is 18.6. The van der Waals surface area contributed by atoms with Gasteiger partial charge in [0.15, 0.2) is 0 Å². The molecular formula is C22H27N3O2. The Morgan fingerprint density at radius 2 is 2.04 bits per heavy atom. The first kappa shape index (κ1) is 18.1. The maximum atomic E-state index is 12.2. The van der Waals surface area contributed by atoms with Crippen LogP contribution in [0.5, 0.6) is 0 Å². The Labute approximate surface area is 160 Å². The second kappa shape index (κ2) is 7.79. The molecule has 0 saturated carbocycles. The number of ether oxygens (including phenoxy) is 1. The number of benzene rings is 1. The number of aryl methyl sites for hydroxylation is 1. The van der Waals surface area contributed by atoms with Crippen LogP contribution in [0.25, 0.3) is 0 Å². The molecule has 1 aromatic carbocycles. The first-order chi connectivity index (χ1) is 13.2. The highest BCUT2D eigenvalue weighted by atomic mass is 16.5. The zero-order chi connectivity index (χ0) is 18.7. The van der Waals surface area contributed by atoms with Crippen LogP contribution >= 0.6 is 0 Å². The van der Waals surface area contributed by atoms with Crippen molar-refractivity contribution in [2.45, 2.75) is 31.9 Å². The van der Waals surface area contributed by atoms with Crippen LogP contribution in [0.4, 0.5) is 0 Å². The smallest absolute Gasteiger partial charge is 0.251 e. The van der Waals surface area contributed by atoms with Crippen LogP contribution in [0, 0.1) is 12.8 Å². The van der Waals surface area contributed by atoms with Gasteiger partial charge in [-0.1, -0.05) is 24.3 Å². The number of hydrogen-bond donors (Lipinski definition) is 1. The zero-order valence-corrected chi connectivity index (χ0v) is 15.9. The standard InChI is InChI=1S/C22H27N3O2/c1-17-4-2-3-5-19(17)14-25-15-22(16-25)20(9-13-27-22)8-12-24-21(26)18-6-10-23-11-7-18/h2-7,10-11,20H,8-9,12-16H2,1H3,(H,24,26)/t20-/m0/s1. The first-order valence-corrected chi connectivity index (χ1v) is 9.75. The van der Waals surface area contributed by atoms with Gasteiger partial charge in [0.05, 0.1) is 5.60 Å². The van der Waals surface area contributed by atoms with E-state index in [4.69, 9.17) is 4.74 Å². The number of nitrogens with zero attached hydrogens (tertiary/aromatic N) is 2. The third-order valence-corrected chi connectivity index (χ3v) is 5.96. The van der Waals surface area contributed by atoms with Crippen LogP contribution in [0.3, 0.4) is 0 Å². The van der Waals surface area contributed by atoms with Crippen molar-refractivity contribution in [3.63, 3.8) is 0 Å². The highest BCUT2D eigenvalue weighted by Gasteiger charge is 2.52. The topological polar surface area (TPSA) is 54.5 Å². The van der Waals surface area contributed by atoms with Crippen molar-refractivity contribution in [3.05, 3.63) is 65.5 Å². The molecule has 0 bridgehead atoms. The lowest BCUT2D eigenvalue weighted by Crippen LogP contribution is -2.64. The minimum absolute atomic E-state index is 0.00984. The molecule has 3 heterocycles. The van der Waals surface area contributed by atoms with Gasteiger partial charge in [0.25, 0.3) is 5.91 Å². The molecule has 2 aliphatic rings. The third-order valence-electron chi connectivity index (χ3n) is 5.96. The Kier molecular flexibility index (Phi) is 5.23. The number of likely N-dealkylation sites (tertiary alicyclic amines) is 1. The second-order valence-electron chi connectivity index (χ2n) is 7.75. The van der Waals surface area contributed by atoms with Crippen molar-refractivity contribution in [3.8, 4) is 0 Å². The molecule has 1 N–H and O–H groups in total. The fraction of sp³-hybridized carbons (Fsp3) is 0.455. The maximum Gasteiger partial charge on any atom is 0.251 e. The number of hydrogen-bond acceptors (Lipinski definition) is 4. The SMILES string of the molecule is Cc1ccccc1CN1CC2(C1)OCC[C@@H]2CCNC(=O)c1ccncc1. The fourth-order valence-electron chi connectivity index (χ4n) is 4.36. The van der Waals surface area contributed by atoms with Crippen LogP contribution in [0.2, 0.25) is 0 Å². The van der Waals surface area contributed by atoms with Crippen molar-refractivity contribution < 1.29 is 9.53 Å². The van der Waals surface area contributed by atoms with Gasteiger partial charge in [-0.2, -0.15) is 0 Å². The monoisotopic (exact) mass is 365 g/mol. The highest BCUT2D eigenvalue weighted by Crippen LogP contribution is 2.42. The van der Waals surface area contributed by atoms with Crippen LogP contribution in [0.1, 0.15) is 34.3 Å². The predicted octanol–water partition coefficient (Wildman–Crippen LogP) is 2.80. The van der Waals surface area contributed by atoms with E-state index in [1.165, 1.54) is 11.1 Å². The Balaban J connectivity index is 1.26. The van der Waals surface area contributed by atoms with Gasteiger partial charge in [-0.15, -0.1) is 0 Å². The van der Waals surface area contributed by atoms with Crippen LogP contribution in [-0.4, -0.2) is 47.6 Å². The summed E-state index contributed by atoms with van der Waals surface area (Å²) in [6, 6.07) is 12.1. The quantitative estimate of drug-likeness (QED) is 0.855. The molecule has 2 aromatic rings. The highest BCUT2D eigenvalue weighted by molar-refractivity contribution is 5.93. The number of rotatable bonds is 6. The molecule has 1 amide bonds. The molecule has 0 aliphatic carbocycles. The maximum absolute atomic E-state index is 12.2. The summed E-state index contributed by atoms with van der Waals surface area (Å²) >= 11 is 0. The van der Waals surface area contributed by atoms with E-state index in [0.29, 0.717) is 18.0 Å². The van der Waals surface area contributed by atoms with E-state index in [1.54, 1.807) is 24.5 Å². The number of aromatic nitrogens is 1. The molecule has 1 aromatic heterocycles. The average Bonchev–Trinajstić information content (AvgIpc) is 3.08. The van der Waals surface area contributed by atoms with E-state index < -0.39 is 0 Å². The molecule has 5 heteroatoms. The first-order valence-electron chi connectivity index (χ1n) is 9.75. The molecule has 5 nitrogen and oxygen atoms in total. The van der Waals surface area contributed by atoms with Crippen molar-refractivity contribution >= 4 is 5.91 Å². The number of carbonyl (C=O) groups is 1. The zero-order valence-electron chi connectivity index (χ0n) is 15.9. The van der Waals surface area contributed by atoms with Gasteiger partial charge >= 0.3 is 0 Å². The summed E-state index contributed by atoms with van der Waals surface area (Å²) in [6.45, 7) is 6.67. The summed E-state index contributed by atoms with van der Waals surface area (Å²) in [5.41, 5.74) is 3.40. The normalized spacial score (nSPS) is 21.1. The van der Waals surface area contributed by atoms with Crippen molar-refractivity contribution in [1.82, 2.24) is 15.2 Å². The predicted molar refractivity (Wildman–Crippen MR) is 104 cm³/mol. The van der Waals surface area contributed by atoms with E-state index in [1.807, 2.05) is 0 Å². The summed E-state index contributed by atoms with van der Waals surface area (Å²) < 4.78 is 6.17. The van der Waals surface area contributed by atoms with Gasteiger partial charge in [0.1, 0.15) is 0 Å². The van der Waals surface area contributed by atoms with Crippen molar-refractivity contribution in [2.24, 2.45) is 5.92 Å². The number of amides is 1. The lowest BCUT2D eigenvalue weighted by molar-refractivity contribution is -0.136. The minimum atomic E-state index is -0.0276. The summed E-state index contributed by atoms with van der Waals surface area (Å²) in [5, 5.41) is 3.03. The molecule has 27 heavy (non-hydrogen) atoms. The Bertz CT molecular complexity index is 787. The summed E-state index contributed by atoms with van der Waals surface area (Å²) in [7, 11) is 0. The van der Waals surface area contributed by atoms with Crippen LogP contribution in [0.15, 0.2) is 48.8 Å². The molecule has 142 valence electrons. The lowest BCUT2D eigenvalue weighted by atomic mass is 9.78. The van der Waals surface area contributed by atoms with Gasteiger partial charge in [-0.3, -0.25) is 14.7 Å².